The van der Waals surface area contributed by atoms with E-state index in [1.165, 1.54) is 0 Å². The third-order valence-corrected chi connectivity index (χ3v) is 3.56. The molecule has 2 aromatic carbocycles. The Labute approximate surface area is 130 Å². The molecule has 3 aromatic rings. The van der Waals surface area contributed by atoms with Crippen molar-refractivity contribution in [3.8, 4) is 17.5 Å². The van der Waals surface area contributed by atoms with Crippen LogP contribution in [0.15, 0.2) is 53.0 Å². The molecule has 102 valence electrons. The maximum atomic E-state index is 8.98. The predicted molar refractivity (Wildman–Crippen MR) is 81.2 cm³/mol. The Morgan fingerprint density at radius 2 is 1.95 bits per heavy atom. The summed E-state index contributed by atoms with van der Waals surface area (Å²) in [4.78, 5) is 0. The second-order valence-corrected chi connectivity index (χ2v) is 5.39. The average molecular weight is 340 g/mol. The molecule has 6 heteroatoms. The Bertz CT molecular complexity index is 801. The largest absolute Gasteiger partial charge is 0.221 e. The number of hydrogen-bond acceptors (Lipinski definition) is 4. The van der Waals surface area contributed by atoms with Gasteiger partial charge in [0.2, 0.25) is 0 Å². The Hall–Kier alpha value is -2.52. The van der Waals surface area contributed by atoms with Gasteiger partial charge in [-0.1, -0.05) is 40.2 Å². The monoisotopic (exact) mass is 339 g/mol. The van der Waals surface area contributed by atoms with Gasteiger partial charge in [-0.2, -0.15) is 5.26 Å². The van der Waals surface area contributed by atoms with Crippen LogP contribution in [0.4, 0.5) is 0 Å². The molecular formula is C15H10BrN5. The summed E-state index contributed by atoms with van der Waals surface area (Å²) in [6.45, 7) is 0.576. The molecule has 0 atom stereocenters. The van der Waals surface area contributed by atoms with Crippen LogP contribution in [-0.4, -0.2) is 20.2 Å². The molecule has 21 heavy (non-hydrogen) atoms. The fourth-order valence-corrected chi connectivity index (χ4v) is 2.27. The van der Waals surface area contributed by atoms with Gasteiger partial charge in [-0.25, -0.2) is 4.68 Å². The van der Waals surface area contributed by atoms with Crippen LogP contribution >= 0.6 is 15.9 Å². The van der Waals surface area contributed by atoms with Crippen molar-refractivity contribution < 1.29 is 0 Å². The minimum absolute atomic E-state index is 0.576. The van der Waals surface area contributed by atoms with Gasteiger partial charge in [-0.05, 0) is 40.3 Å². The molecule has 5 nitrogen and oxygen atoms in total. The number of benzene rings is 2. The van der Waals surface area contributed by atoms with Crippen LogP contribution in [0.25, 0.3) is 11.4 Å². The second-order valence-electron chi connectivity index (χ2n) is 4.48. The number of halogens is 1. The van der Waals surface area contributed by atoms with E-state index in [1.807, 2.05) is 36.4 Å². The van der Waals surface area contributed by atoms with Crippen molar-refractivity contribution in [1.29, 1.82) is 5.26 Å². The van der Waals surface area contributed by atoms with Gasteiger partial charge in [-0.15, -0.1) is 5.10 Å². The summed E-state index contributed by atoms with van der Waals surface area (Å²) in [6, 6.07) is 17.4. The van der Waals surface area contributed by atoms with E-state index in [2.05, 4.69) is 37.5 Å². The first kappa shape index (κ1) is 13.5. The molecule has 0 bridgehead atoms. The Kier molecular flexibility index (Phi) is 3.75. The molecule has 0 N–H and O–H groups in total. The van der Waals surface area contributed by atoms with E-state index in [0.717, 1.165) is 15.6 Å². The van der Waals surface area contributed by atoms with Crippen LogP contribution in [0, 0.1) is 11.3 Å². The molecule has 0 radical (unpaired) electrons. The van der Waals surface area contributed by atoms with Gasteiger partial charge in [0.25, 0.3) is 0 Å². The molecule has 0 saturated heterocycles. The van der Waals surface area contributed by atoms with E-state index in [1.54, 1.807) is 16.8 Å². The highest BCUT2D eigenvalue weighted by Gasteiger charge is 2.10. The van der Waals surface area contributed by atoms with Crippen molar-refractivity contribution >= 4 is 15.9 Å². The highest BCUT2D eigenvalue weighted by molar-refractivity contribution is 9.10. The third kappa shape index (κ3) is 2.98. The molecule has 0 aliphatic carbocycles. The molecule has 1 heterocycles. The highest BCUT2D eigenvalue weighted by Crippen LogP contribution is 2.18. The van der Waals surface area contributed by atoms with Crippen molar-refractivity contribution in [2.75, 3.05) is 0 Å². The number of nitriles is 1. The first-order chi connectivity index (χ1) is 10.3. The zero-order valence-corrected chi connectivity index (χ0v) is 12.5. The van der Waals surface area contributed by atoms with Crippen molar-refractivity contribution in [2.45, 2.75) is 6.54 Å². The Morgan fingerprint density at radius 1 is 1.14 bits per heavy atom. The fourth-order valence-electron chi connectivity index (χ4n) is 2.01. The summed E-state index contributed by atoms with van der Waals surface area (Å²) >= 11 is 3.41. The topological polar surface area (TPSA) is 67.4 Å². The lowest BCUT2D eigenvalue weighted by Crippen LogP contribution is -2.04. The number of aromatic nitrogens is 4. The summed E-state index contributed by atoms with van der Waals surface area (Å²) in [5.74, 6) is 0.648. The van der Waals surface area contributed by atoms with E-state index < -0.39 is 0 Å². The van der Waals surface area contributed by atoms with Crippen molar-refractivity contribution in [3.63, 3.8) is 0 Å². The SMILES string of the molecule is N#Cc1cccc(-c2nnnn2Cc2ccc(Br)cc2)c1. The summed E-state index contributed by atoms with van der Waals surface area (Å²) in [6.07, 6.45) is 0. The molecule has 0 spiro atoms. The maximum Gasteiger partial charge on any atom is 0.182 e. The number of nitrogens with zero attached hydrogens (tertiary/aromatic N) is 5. The quantitative estimate of drug-likeness (QED) is 0.735. The molecule has 0 aliphatic heterocycles. The first-order valence-corrected chi connectivity index (χ1v) is 7.07. The predicted octanol–water partition coefficient (Wildman–Crippen LogP) is 3.02. The van der Waals surface area contributed by atoms with Crippen LogP contribution in [0.1, 0.15) is 11.1 Å². The molecular weight excluding hydrogens is 330 g/mol. The normalized spacial score (nSPS) is 10.3. The van der Waals surface area contributed by atoms with Crippen LogP contribution < -0.4 is 0 Å². The van der Waals surface area contributed by atoms with Gasteiger partial charge < -0.3 is 0 Å². The molecule has 1 aromatic heterocycles. The minimum Gasteiger partial charge on any atom is -0.221 e. The third-order valence-electron chi connectivity index (χ3n) is 3.03. The lowest BCUT2D eigenvalue weighted by Gasteiger charge is -2.05. The smallest absolute Gasteiger partial charge is 0.182 e. The molecule has 0 unspecified atom stereocenters. The van der Waals surface area contributed by atoms with E-state index in [4.69, 9.17) is 5.26 Å². The number of rotatable bonds is 3. The lowest BCUT2D eigenvalue weighted by atomic mass is 10.1. The highest BCUT2D eigenvalue weighted by atomic mass is 79.9. The zero-order valence-electron chi connectivity index (χ0n) is 10.9. The van der Waals surface area contributed by atoms with Gasteiger partial charge in [0.1, 0.15) is 0 Å². The summed E-state index contributed by atoms with van der Waals surface area (Å²) < 4.78 is 2.75. The summed E-state index contributed by atoms with van der Waals surface area (Å²) in [5, 5.41) is 20.8. The van der Waals surface area contributed by atoms with Crippen LogP contribution in [0.5, 0.6) is 0 Å². The van der Waals surface area contributed by atoms with Crippen LogP contribution in [-0.2, 0) is 6.54 Å². The van der Waals surface area contributed by atoms with Crippen molar-refractivity contribution in [2.24, 2.45) is 0 Å². The van der Waals surface area contributed by atoms with Crippen molar-refractivity contribution in [3.05, 3.63) is 64.1 Å². The van der Waals surface area contributed by atoms with Gasteiger partial charge in [0, 0.05) is 10.0 Å². The fraction of sp³-hybridized carbons (Fsp3) is 0.0667. The van der Waals surface area contributed by atoms with E-state index >= 15 is 0 Å². The summed E-state index contributed by atoms with van der Waals surface area (Å²) in [5.41, 5.74) is 2.52. The number of hydrogen-bond donors (Lipinski definition) is 0. The second kappa shape index (κ2) is 5.85. The van der Waals surface area contributed by atoms with E-state index in [9.17, 15) is 0 Å². The van der Waals surface area contributed by atoms with E-state index in [-0.39, 0.29) is 0 Å². The van der Waals surface area contributed by atoms with Crippen LogP contribution in [0.3, 0.4) is 0 Å². The summed E-state index contributed by atoms with van der Waals surface area (Å²) in [7, 11) is 0. The van der Waals surface area contributed by atoms with Gasteiger partial charge in [0.05, 0.1) is 18.2 Å². The zero-order chi connectivity index (χ0) is 14.7. The average Bonchev–Trinajstić information content (AvgIpc) is 2.98. The first-order valence-electron chi connectivity index (χ1n) is 6.27. The Morgan fingerprint density at radius 3 is 2.71 bits per heavy atom. The molecule has 0 amide bonds. The maximum absolute atomic E-state index is 8.98. The van der Waals surface area contributed by atoms with Crippen molar-refractivity contribution in [1.82, 2.24) is 20.2 Å². The van der Waals surface area contributed by atoms with E-state index in [0.29, 0.717) is 17.9 Å². The minimum atomic E-state index is 0.576. The van der Waals surface area contributed by atoms with Gasteiger partial charge in [0.15, 0.2) is 5.82 Å². The Balaban J connectivity index is 1.93. The standard InChI is InChI=1S/C15H10BrN5/c16-14-6-4-11(5-7-14)10-21-15(18-19-20-21)13-3-1-2-12(8-13)9-17/h1-8H,10H2. The lowest BCUT2D eigenvalue weighted by molar-refractivity contribution is 0.653. The van der Waals surface area contributed by atoms with Crippen LogP contribution in [0.2, 0.25) is 0 Å². The number of tetrazole rings is 1. The van der Waals surface area contributed by atoms with Gasteiger partial charge >= 0.3 is 0 Å². The molecule has 0 aliphatic rings. The molecule has 0 saturated carbocycles. The van der Waals surface area contributed by atoms with Gasteiger partial charge in [-0.3, -0.25) is 0 Å². The molecule has 3 rings (SSSR count). The molecule has 0 fully saturated rings.